The SMILES string of the molecule is CC(C)c1nccc(CCC(F)(F)CO)c1-n1c(=O)nc(N2C[C@@H](C)N(C(=O)O)C[C@@H]2C)c2cc(F)c(-c3c(O)ccc(F)c3F)nc21. The number of pyridine rings is 2. The van der Waals surface area contributed by atoms with Gasteiger partial charge >= 0.3 is 11.8 Å². The molecule has 1 fully saturated rings. The van der Waals surface area contributed by atoms with Crippen molar-refractivity contribution in [2.75, 3.05) is 24.6 Å². The largest absolute Gasteiger partial charge is 0.507 e. The highest BCUT2D eigenvalue weighted by Gasteiger charge is 2.35. The first-order chi connectivity index (χ1) is 22.6. The number of hydrogen-bond donors (Lipinski definition) is 3. The molecule has 1 saturated heterocycles. The normalized spacial score (nSPS) is 17.1. The number of halogens is 5. The number of hydrogen-bond acceptors (Lipinski definition) is 8. The van der Waals surface area contributed by atoms with E-state index >= 15 is 8.78 Å². The van der Waals surface area contributed by atoms with E-state index in [4.69, 9.17) is 5.11 Å². The molecule has 2 atom stereocenters. The maximum absolute atomic E-state index is 16.0. The Morgan fingerprint density at radius 3 is 2.42 bits per heavy atom. The Kier molecular flexibility index (Phi) is 9.32. The van der Waals surface area contributed by atoms with Gasteiger partial charge in [-0.3, -0.25) is 4.98 Å². The van der Waals surface area contributed by atoms with Gasteiger partial charge in [0.05, 0.1) is 22.3 Å². The summed E-state index contributed by atoms with van der Waals surface area (Å²) < 4.78 is 74.8. The monoisotopic (exact) mass is 676 g/mol. The van der Waals surface area contributed by atoms with Crippen molar-refractivity contribution in [2.24, 2.45) is 0 Å². The highest BCUT2D eigenvalue weighted by Crippen LogP contribution is 2.38. The van der Waals surface area contributed by atoms with Gasteiger partial charge in [0.1, 0.15) is 23.9 Å². The zero-order valence-electron chi connectivity index (χ0n) is 26.4. The number of nitrogens with zero attached hydrogens (tertiary/aromatic N) is 6. The standard InChI is InChI=1S/C32H33F5N6O5/c1-15(2)25-27(18(8-10-38-25)7-9-32(36,37)14-44)43-29-19(11-21(34)26(39-29)23-22(45)6-5-20(33)24(23)35)28(40-30(43)46)41-12-17(4)42(31(47)48)13-16(41)3/h5-6,8,10-11,15-17,44-45H,7,9,12-14H2,1-4H3,(H,47,48)/t16-,17+/m0/s1. The van der Waals surface area contributed by atoms with E-state index in [1.54, 1.807) is 32.6 Å². The molecular weight excluding hydrogens is 643 g/mol. The van der Waals surface area contributed by atoms with Gasteiger partial charge in [0.2, 0.25) is 0 Å². The van der Waals surface area contributed by atoms with Crippen LogP contribution in [0.15, 0.2) is 35.3 Å². The number of benzene rings is 1. The van der Waals surface area contributed by atoms with Crippen LogP contribution < -0.4 is 10.6 Å². The second-order valence-electron chi connectivity index (χ2n) is 12.2. The number of carbonyl (C=O) groups is 1. The van der Waals surface area contributed by atoms with Crippen molar-refractivity contribution >= 4 is 22.9 Å². The smallest absolute Gasteiger partial charge is 0.407 e. The van der Waals surface area contributed by atoms with Gasteiger partial charge in [0, 0.05) is 37.8 Å². The average Bonchev–Trinajstić information content (AvgIpc) is 3.03. The van der Waals surface area contributed by atoms with Crippen molar-refractivity contribution in [2.45, 2.75) is 64.5 Å². The molecule has 3 N–H and O–H groups in total. The summed E-state index contributed by atoms with van der Waals surface area (Å²) in [4.78, 5) is 41.7. The lowest BCUT2D eigenvalue weighted by Crippen LogP contribution is -2.58. The number of aliphatic hydroxyl groups excluding tert-OH is 1. The number of anilines is 1. The van der Waals surface area contributed by atoms with Gasteiger partial charge in [0.25, 0.3) is 5.92 Å². The van der Waals surface area contributed by atoms with Crippen LogP contribution in [0.2, 0.25) is 0 Å². The average molecular weight is 677 g/mol. The molecular formula is C32H33F5N6O5. The fraction of sp³-hybridized carbons (Fsp3) is 0.406. The number of aromatic hydroxyl groups is 1. The lowest BCUT2D eigenvalue weighted by Gasteiger charge is -2.43. The summed E-state index contributed by atoms with van der Waals surface area (Å²) >= 11 is 0. The van der Waals surface area contributed by atoms with Crippen LogP contribution in [0.1, 0.15) is 51.3 Å². The van der Waals surface area contributed by atoms with Gasteiger partial charge in [-0.2, -0.15) is 4.98 Å². The molecule has 1 aliphatic heterocycles. The lowest BCUT2D eigenvalue weighted by molar-refractivity contribution is -0.0558. The minimum Gasteiger partial charge on any atom is -0.507 e. The zero-order valence-corrected chi connectivity index (χ0v) is 26.4. The quantitative estimate of drug-likeness (QED) is 0.214. The molecule has 1 aliphatic rings. The van der Waals surface area contributed by atoms with Crippen LogP contribution in [0.3, 0.4) is 0 Å². The Morgan fingerprint density at radius 2 is 1.77 bits per heavy atom. The van der Waals surface area contributed by atoms with Gasteiger partial charge < -0.3 is 25.1 Å². The highest BCUT2D eigenvalue weighted by molar-refractivity contribution is 5.91. The summed E-state index contributed by atoms with van der Waals surface area (Å²) in [5.41, 5.74) is -2.66. The van der Waals surface area contributed by atoms with E-state index in [1.807, 2.05) is 0 Å². The van der Waals surface area contributed by atoms with E-state index in [0.29, 0.717) is 6.07 Å². The number of carboxylic acid groups (broad SMARTS) is 1. The Hall–Kier alpha value is -4.86. The Labute approximate surface area is 270 Å². The number of alkyl halides is 2. The summed E-state index contributed by atoms with van der Waals surface area (Å²) in [7, 11) is 0. The van der Waals surface area contributed by atoms with Crippen LogP contribution in [-0.2, 0) is 6.42 Å². The van der Waals surface area contributed by atoms with Crippen LogP contribution in [0.4, 0.5) is 32.6 Å². The number of rotatable bonds is 8. The summed E-state index contributed by atoms with van der Waals surface area (Å²) in [5, 5.41) is 29.2. The third kappa shape index (κ3) is 6.23. The molecule has 4 aromatic rings. The zero-order chi connectivity index (χ0) is 35.2. The molecule has 0 spiro atoms. The molecule has 0 radical (unpaired) electrons. The first-order valence-electron chi connectivity index (χ1n) is 15.1. The molecule has 0 bridgehead atoms. The second-order valence-corrected chi connectivity index (χ2v) is 12.2. The predicted molar refractivity (Wildman–Crippen MR) is 165 cm³/mol. The summed E-state index contributed by atoms with van der Waals surface area (Å²) in [6, 6.07) is 2.59. The van der Waals surface area contributed by atoms with Crippen LogP contribution in [0.5, 0.6) is 5.75 Å². The molecule has 0 unspecified atom stereocenters. The minimum atomic E-state index is -3.46. The molecule has 0 aliphatic carbocycles. The van der Waals surface area contributed by atoms with E-state index in [2.05, 4.69) is 15.0 Å². The number of amides is 1. The van der Waals surface area contributed by atoms with Gasteiger partial charge in [-0.15, -0.1) is 0 Å². The molecule has 5 rings (SSSR count). The van der Waals surface area contributed by atoms with Crippen molar-refractivity contribution in [1.82, 2.24) is 24.4 Å². The fourth-order valence-electron chi connectivity index (χ4n) is 5.95. The summed E-state index contributed by atoms with van der Waals surface area (Å²) in [6.07, 6.45) is -0.951. The maximum Gasteiger partial charge on any atom is 0.407 e. The summed E-state index contributed by atoms with van der Waals surface area (Å²) in [5.74, 6) is -9.01. The van der Waals surface area contributed by atoms with Gasteiger partial charge in [-0.05, 0) is 56.0 Å². The second kappa shape index (κ2) is 13.0. The molecule has 1 amide bonds. The van der Waals surface area contributed by atoms with Crippen molar-refractivity contribution in [3.8, 4) is 22.7 Å². The van der Waals surface area contributed by atoms with Crippen LogP contribution >= 0.6 is 0 Å². The lowest BCUT2D eigenvalue weighted by atomic mass is 9.99. The topological polar surface area (TPSA) is 145 Å². The van der Waals surface area contributed by atoms with E-state index in [0.717, 1.165) is 16.7 Å². The van der Waals surface area contributed by atoms with Crippen LogP contribution in [0, 0.1) is 17.5 Å². The van der Waals surface area contributed by atoms with Gasteiger partial charge in [-0.25, -0.2) is 41.1 Å². The number of fused-ring (bicyclic) bond motifs is 1. The van der Waals surface area contributed by atoms with Gasteiger partial charge in [-0.1, -0.05) is 13.8 Å². The van der Waals surface area contributed by atoms with Crippen molar-refractivity contribution in [1.29, 1.82) is 0 Å². The van der Waals surface area contributed by atoms with Crippen LogP contribution in [-0.4, -0.2) is 83.5 Å². The first-order valence-corrected chi connectivity index (χ1v) is 15.1. The molecule has 256 valence electrons. The van der Waals surface area contributed by atoms with Crippen molar-refractivity contribution in [3.05, 3.63) is 69.7 Å². The fourth-order valence-corrected chi connectivity index (χ4v) is 5.95. The highest BCUT2D eigenvalue weighted by atomic mass is 19.3. The van der Waals surface area contributed by atoms with Crippen LogP contribution in [0.25, 0.3) is 28.0 Å². The predicted octanol–water partition coefficient (Wildman–Crippen LogP) is 5.23. The Bertz CT molecular complexity index is 1960. The Morgan fingerprint density at radius 1 is 1.06 bits per heavy atom. The van der Waals surface area contributed by atoms with Crippen molar-refractivity contribution in [3.63, 3.8) is 0 Å². The van der Waals surface area contributed by atoms with E-state index in [1.165, 1.54) is 17.2 Å². The van der Waals surface area contributed by atoms with E-state index < -0.39 is 83.2 Å². The maximum atomic E-state index is 16.0. The first kappa shape index (κ1) is 34.5. The molecule has 16 heteroatoms. The van der Waals surface area contributed by atoms with E-state index in [9.17, 15) is 33.0 Å². The number of piperazine rings is 1. The molecule has 1 aromatic carbocycles. The molecule has 0 saturated carbocycles. The molecule has 3 aromatic heterocycles. The minimum absolute atomic E-state index is 0.00129. The molecule has 48 heavy (non-hydrogen) atoms. The number of aliphatic hydroxyl groups is 1. The third-order valence-corrected chi connectivity index (χ3v) is 8.41. The number of aryl methyl sites for hydroxylation is 1. The third-order valence-electron chi connectivity index (χ3n) is 8.41. The Balaban J connectivity index is 1.87. The van der Waals surface area contributed by atoms with E-state index in [-0.39, 0.29) is 53.3 Å². The number of aromatic nitrogens is 4. The number of phenols is 1. The number of phenolic OH excluding ortho intramolecular Hbond substituents is 1. The molecule has 11 nitrogen and oxygen atoms in total. The molecule has 4 heterocycles. The van der Waals surface area contributed by atoms with Crippen molar-refractivity contribution < 1.29 is 42.1 Å². The van der Waals surface area contributed by atoms with Gasteiger partial charge in [0.15, 0.2) is 23.1 Å². The summed E-state index contributed by atoms with van der Waals surface area (Å²) in [6.45, 7) is 5.41.